The predicted octanol–water partition coefficient (Wildman–Crippen LogP) is -0.148. The summed E-state index contributed by atoms with van der Waals surface area (Å²) >= 11 is 0. The number of aliphatic hydroxyl groups is 1. The minimum absolute atomic E-state index is 0.172. The Kier molecular flexibility index (Phi) is 4.13. The Balaban J connectivity index is 2.72. The summed E-state index contributed by atoms with van der Waals surface area (Å²) in [5, 5.41) is 26.5. The second kappa shape index (κ2) is 5.15. The van der Waals surface area contributed by atoms with Crippen molar-refractivity contribution in [3.8, 4) is 0 Å². The smallest absolute Gasteiger partial charge is 0.423 e. The molecule has 0 saturated carbocycles. The predicted molar refractivity (Wildman–Crippen MR) is 56.4 cm³/mol. The summed E-state index contributed by atoms with van der Waals surface area (Å²) in [7, 11) is -1.41. The summed E-state index contributed by atoms with van der Waals surface area (Å²) in [6.45, 7) is 2.20. The topological polar surface area (TPSA) is 60.7 Å². The fourth-order valence-corrected chi connectivity index (χ4v) is 1.36. The molecule has 3 nitrogen and oxygen atoms in total. The zero-order valence-corrected chi connectivity index (χ0v) is 8.22. The fourth-order valence-electron chi connectivity index (χ4n) is 1.36. The SMILES string of the molecule is CC(CCO)c1ccc(B(O)O)cc1. The van der Waals surface area contributed by atoms with Crippen LogP contribution in [0.5, 0.6) is 0 Å². The van der Waals surface area contributed by atoms with Gasteiger partial charge in [0, 0.05) is 6.61 Å². The van der Waals surface area contributed by atoms with Crippen LogP contribution in [0.4, 0.5) is 0 Å². The molecule has 3 N–H and O–H groups in total. The second-order valence-electron chi connectivity index (χ2n) is 3.45. The Morgan fingerprint density at radius 1 is 1.21 bits per heavy atom. The van der Waals surface area contributed by atoms with E-state index >= 15 is 0 Å². The number of hydrogen-bond donors (Lipinski definition) is 3. The van der Waals surface area contributed by atoms with Crippen LogP contribution in [0.2, 0.25) is 0 Å². The summed E-state index contributed by atoms with van der Waals surface area (Å²) in [5.74, 6) is 0.296. The van der Waals surface area contributed by atoms with E-state index in [1.807, 2.05) is 19.1 Å². The van der Waals surface area contributed by atoms with E-state index in [2.05, 4.69) is 0 Å². The van der Waals surface area contributed by atoms with Gasteiger partial charge in [-0.25, -0.2) is 0 Å². The van der Waals surface area contributed by atoms with Gasteiger partial charge in [-0.3, -0.25) is 0 Å². The van der Waals surface area contributed by atoms with Crippen molar-refractivity contribution < 1.29 is 15.2 Å². The molecule has 1 aromatic rings. The van der Waals surface area contributed by atoms with Gasteiger partial charge in [0.15, 0.2) is 0 Å². The van der Waals surface area contributed by atoms with E-state index in [1.165, 1.54) is 0 Å². The summed E-state index contributed by atoms with van der Waals surface area (Å²) in [5.41, 5.74) is 1.59. The van der Waals surface area contributed by atoms with Gasteiger partial charge in [0.05, 0.1) is 0 Å². The fraction of sp³-hybridized carbons (Fsp3) is 0.400. The first-order chi connectivity index (χ1) is 6.65. The van der Waals surface area contributed by atoms with Crippen molar-refractivity contribution in [3.63, 3.8) is 0 Å². The van der Waals surface area contributed by atoms with Crippen LogP contribution in [0.15, 0.2) is 24.3 Å². The lowest BCUT2D eigenvalue weighted by Crippen LogP contribution is -2.29. The summed E-state index contributed by atoms with van der Waals surface area (Å²) < 4.78 is 0. The molecule has 0 aliphatic carbocycles. The molecule has 0 heterocycles. The Labute approximate surface area is 84.2 Å². The number of aliphatic hydroxyl groups excluding tert-OH is 1. The standard InChI is InChI=1S/C10H15BO3/c1-8(6-7-12)9-2-4-10(5-3-9)11(13)14/h2-5,8,12-14H,6-7H2,1H3. The van der Waals surface area contributed by atoms with E-state index in [0.29, 0.717) is 11.4 Å². The van der Waals surface area contributed by atoms with E-state index in [-0.39, 0.29) is 6.61 Å². The molecule has 0 aliphatic heterocycles. The monoisotopic (exact) mass is 194 g/mol. The Bertz CT molecular complexity index is 271. The highest BCUT2D eigenvalue weighted by Crippen LogP contribution is 2.16. The molecule has 0 fully saturated rings. The van der Waals surface area contributed by atoms with Crippen LogP contribution in [0, 0.1) is 0 Å². The number of rotatable bonds is 4. The van der Waals surface area contributed by atoms with Crippen LogP contribution in [0.3, 0.4) is 0 Å². The average Bonchev–Trinajstić information content (AvgIpc) is 2.18. The highest BCUT2D eigenvalue weighted by molar-refractivity contribution is 6.58. The lowest BCUT2D eigenvalue weighted by Gasteiger charge is -2.10. The minimum Gasteiger partial charge on any atom is -0.423 e. The molecule has 0 amide bonds. The van der Waals surface area contributed by atoms with Gasteiger partial charge >= 0.3 is 7.12 Å². The van der Waals surface area contributed by atoms with Gasteiger partial charge in [-0.2, -0.15) is 0 Å². The van der Waals surface area contributed by atoms with E-state index in [4.69, 9.17) is 15.2 Å². The Hall–Kier alpha value is -0.835. The molecule has 1 atom stereocenters. The normalized spacial score (nSPS) is 12.6. The lowest BCUT2D eigenvalue weighted by atomic mass is 9.79. The third-order valence-electron chi connectivity index (χ3n) is 2.37. The van der Waals surface area contributed by atoms with Crippen LogP contribution in [-0.4, -0.2) is 28.9 Å². The number of benzene rings is 1. The van der Waals surface area contributed by atoms with Crippen molar-refractivity contribution >= 4 is 12.6 Å². The first-order valence-corrected chi connectivity index (χ1v) is 4.72. The van der Waals surface area contributed by atoms with Crippen molar-refractivity contribution in [1.29, 1.82) is 0 Å². The van der Waals surface area contributed by atoms with Crippen molar-refractivity contribution in [1.82, 2.24) is 0 Å². The van der Waals surface area contributed by atoms with Crippen molar-refractivity contribution in [2.24, 2.45) is 0 Å². The van der Waals surface area contributed by atoms with Crippen LogP contribution >= 0.6 is 0 Å². The van der Waals surface area contributed by atoms with Crippen LogP contribution in [0.1, 0.15) is 24.8 Å². The molecule has 1 rings (SSSR count). The van der Waals surface area contributed by atoms with Gasteiger partial charge in [-0.15, -0.1) is 0 Å². The molecule has 0 spiro atoms. The quantitative estimate of drug-likeness (QED) is 0.584. The molecule has 0 saturated heterocycles. The second-order valence-corrected chi connectivity index (χ2v) is 3.45. The maximum Gasteiger partial charge on any atom is 0.488 e. The maximum absolute atomic E-state index is 8.87. The van der Waals surface area contributed by atoms with Gasteiger partial charge < -0.3 is 15.2 Å². The summed E-state index contributed by atoms with van der Waals surface area (Å²) in [4.78, 5) is 0. The molecule has 0 aliphatic rings. The molecule has 1 unspecified atom stereocenters. The van der Waals surface area contributed by atoms with Gasteiger partial charge in [0.2, 0.25) is 0 Å². The highest BCUT2D eigenvalue weighted by atomic mass is 16.4. The van der Waals surface area contributed by atoms with E-state index < -0.39 is 7.12 Å². The van der Waals surface area contributed by atoms with Crippen LogP contribution < -0.4 is 5.46 Å². The Morgan fingerprint density at radius 2 is 1.79 bits per heavy atom. The minimum atomic E-state index is -1.41. The molecule has 0 radical (unpaired) electrons. The molecule has 14 heavy (non-hydrogen) atoms. The van der Waals surface area contributed by atoms with Crippen LogP contribution in [0.25, 0.3) is 0 Å². The molecule has 0 bridgehead atoms. The molecule has 76 valence electrons. The van der Waals surface area contributed by atoms with E-state index in [1.54, 1.807) is 12.1 Å². The molecular formula is C10H15BO3. The van der Waals surface area contributed by atoms with Crippen molar-refractivity contribution in [2.75, 3.05) is 6.61 Å². The average molecular weight is 194 g/mol. The van der Waals surface area contributed by atoms with Gasteiger partial charge in [-0.05, 0) is 23.4 Å². The molecule has 0 aromatic heterocycles. The van der Waals surface area contributed by atoms with E-state index in [9.17, 15) is 0 Å². The van der Waals surface area contributed by atoms with Gasteiger partial charge in [0.1, 0.15) is 0 Å². The Morgan fingerprint density at radius 3 is 2.21 bits per heavy atom. The summed E-state index contributed by atoms with van der Waals surface area (Å²) in [6, 6.07) is 7.09. The largest absolute Gasteiger partial charge is 0.488 e. The maximum atomic E-state index is 8.87. The first-order valence-electron chi connectivity index (χ1n) is 4.72. The number of hydrogen-bond acceptors (Lipinski definition) is 3. The molecular weight excluding hydrogens is 179 g/mol. The molecule has 1 aromatic carbocycles. The lowest BCUT2D eigenvalue weighted by molar-refractivity contribution is 0.278. The van der Waals surface area contributed by atoms with E-state index in [0.717, 1.165) is 12.0 Å². The summed E-state index contributed by atoms with van der Waals surface area (Å²) in [6.07, 6.45) is 0.723. The first kappa shape index (κ1) is 11.2. The van der Waals surface area contributed by atoms with Crippen LogP contribution in [-0.2, 0) is 0 Å². The van der Waals surface area contributed by atoms with Gasteiger partial charge in [-0.1, -0.05) is 31.2 Å². The zero-order valence-electron chi connectivity index (χ0n) is 8.22. The highest BCUT2D eigenvalue weighted by Gasteiger charge is 2.11. The zero-order chi connectivity index (χ0) is 10.6. The van der Waals surface area contributed by atoms with Crippen molar-refractivity contribution in [2.45, 2.75) is 19.3 Å². The molecule has 4 heteroatoms. The third kappa shape index (κ3) is 2.84. The van der Waals surface area contributed by atoms with Crippen molar-refractivity contribution in [3.05, 3.63) is 29.8 Å². The third-order valence-corrected chi connectivity index (χ3v) is 2.37. The van der Waals surface area contributed by atoms with Gasteiger partial charge in [0.25, 0.3) is 0 Å².